The van der Waals surface area contributed by atoms with Crippen molar-refractivity contribution in [2.45, 2.75) is 19.3 Å². The van der Waals surface area contributed by atoms with Gasteiger partial charge < -0.3 is 5.32 Å². The van der Waals surface area contributed by atoms with E-state index in [-0.39, 0.29) is 5.91 Å². The number of rotatable bonds is 7. The molecule has 0 bridgehead atoms. The van der Waals surface area contributed by atoms with Gasteiger partial charge in [-0.2, -0.15) is 0 Å². The molecule has 0 heterocycles. The largest absolute Gasteiger partial charge is 0.352 e. The molecule has 1 N–H and O–H groups in total. The molecule has 0 spiro atoms. The van der Waals surface area contributed by atoms with Gasteiger partial charge in [0.15, 0.2) is 0 Å². The van der Waals surface area contributed by atoms with Crippen molar-refractivity contribution < 1.29 is 4.79 Å². The Bertz CT molecular complexity index is 844. The van der Waals surface area contributed by atoms with Gasteiger partial charge in [-0.05, 0) is 54.2 Å². The molecule has 26 heavy (non-hydrogen) atoms. The van der Waals surface area contributed by atoms with Crippen molar-refractivity contribution in [1.29, 1.82) is 0 Å². The first-order valence-corrected chi connectivity index (χ1v) is 9.24. The van der Waals surface area contributed by atoms with E-state index in [0.29, 0.717) is 6.54 Å². The fourth-order valence-corrected chi connectivity index (χ4v) is 3.08. The van der Waals surface area contributed by atoms with E-state index >= 15 is 0 Å². The van der Waals surface area contributed by atoms with Gasteiger partial charge in [-0.15, -0.1) is 0 Å². The van der Waals surface area contributed by atoms with Gasteiger partial charge in [-0.25, -0.2) is 0 Å². The molecule has 0 unspecified atom stereocenters. The van der Waals surface area contributed by atoms with Crippen LogP contribution in [0.1, 0.15) is 27.0 Å². The van der Waals surface area contributed by atoms with Gasteiger partial charge in [0.05, 0.1) is 0 Å². The Morgan fingerprint density at radius 1 is 0.731 bits per heavy atom. The van der Waals surface area contributed by atoms with Crippen molar-refractivity contribution in [3.05, 3.63) is 106 Å². The predicted molar refractivity (Wildman–Crippen MR) is 108 cm³/mol. The fourth-order valence-electron chi connectivity index (χ4n) is 2.95. The highest BCUT2D eigenvalue weighted by molar-refractivity contribution is 6.30. The third-order valence-corrected chi connectivity index (χ3v) is 4.65. The monoisotopic (exact) mass is 363 g/mol. The first kappa shape index (κ1) is 18.2. The van der Waals surface area contributed by atoms with Crippen LogP contribution in [0, 0.1) is 0 Å². The van der Waals surface area contributed by atoms with Crippen molar-refractivity contribution in [2.24, 2.45) is 0 Å². The summed E-state index contributed by atoms with van der Waals surface area (Å²) in [6.07, 6.45) is 2.57. The minimum atomic E-state index is -0.0115. The lowest BCUT2D eigenvalue weighted by Gasteiger charge is -2.10. The quantitative estimate of drug-likeness (QED) is 0.621. The lowest BCUT2D eigenvalue weighted by atomic mass is 9.99. The van der Waals surface area contributed by atoms with Crippen LogP contribution in [0.4, 0.5) is 0 Å². The van der Waals surface area contributed by atoms with Crippen LogP contribution in [0.2, 0.25) is 5.02 Å². The maximum absolute atomic E-state index is 12.6. The van der Waals surface area contributed by atoms with E-state index in [4.69, 9.17) is 11.6 Å². The van der Waals surface area contributed by atoms with Crippen LogP contribution in [0.25, 0.3) is 0 Å². The number of halogens is 1. The van der Waals surface area contributed by atoms with E-state index in [2.05, 4.69) is 17.4 Å². The molecule has 132 valence electrons. The highest BCUT2D eigenvalue weighted by Gasteiger charge is 2.10. The molecule has 2 nitrogen and oxygen atoms in total. The van der Waals surface area contributed by atoms with Crippen LogP contribution in [0.5, 0.6) is 0 Å². The number of amides is 1. The average molecular weight is 364 g/mol. The van der Waals surface area contributed by atoms with Crippen molar-refractivity contribution in [1.82, 2.24) is 5.32 Å². The van der Waals surface area contributed by atoms with E-state index in [1.165, 1.54) is 5.56 Å². The number of benzene rings is 3. The Balaban J connectivity index is 1.57. The molecule has 3 aromatic carbocycles. The number of hydrogen-bond acceptors (Lipinski definition) is 1. The van der Waals surface area contributed by atoms with Crippen LogP contribution in [-0.4, -0.2) is 12.5 Å². The lowest BCUT2D eigenvalue weighted by molar-refractivity contribution is 0.0953. The first-order chi connectivity index (χ1) is 12.7. The summed E-state index contributed by atoms with van der Waals surface area (Å²) in [4.78, 5) is 12.6. The van der Waals surface area contributed by atoms with Crippen LogP contribution in [0.15, 0.2) is 78.9 Å². The van der Waals surface area contributed by atoms with E-state index in [1.807, 2.05) is 66.7 Å². The Hall–Kier alpha value is -2.58. The fraction of sp³-hybridized carbons (Fsp3) is 0.174. The molecule has 3 rings (SSSR count). The van der Waals surface area contributed by atoms with Crippen molar-refractivity contribution in [2.75, 3.05) is 6.54 Å². The summed E-state index contributed by atoms with van der Waals surface area (Å²) >= 11 is 5.90. The van der Waals surface area contributed by atoms with E-state index in [1.54, 1.807) is 0 Å². The summed E-state index contributed by atoms with van der Waals surface area (Å²) in [5.74, 6) is -0.0115. The van der Waals surface area contributed by atoms with Crippen molar-refractivity contribution in [3.8, 4) is 0 Å². The van der Waals surface area contributed by atoms with Gasteiger partial charge in [-0.1, -0.05) is 72.3 Å². The molecule has 0 aliphatic rings. The maximum atomic E-state index is 12.6. The molecule has 3 heteroatoms. The minimum absolute atomic E-state index is 0.0115. The number of hydrogen-bond donors (Lipinski definition) is 1. The van der Waals surface area contributed by atoms with E-state index < -0.39 is 0 Å². The highest BCUT2D eigenvalue weighted by Crippen LogP contribution is 2.13. The number of nitrogens with one attached hydrogen (secondary N) is 1. The van der Waals surface area contributed by atoms with Gasteiger partial charge in [0.1, 0.15) is 0 Å². The molecular formula is C23H22ClNO. The smallest absolute Gasteiger partial charge is 0.251 e. The summed E-state index contributed by atoms with van der Waals surface area (Å²) in [5.41, 5.74) is 4.29. The molecule has 1 amide bonds. The van der Waals surface area contributed by atoms with Crippen LogP contribution < -0.4 is 5.32 Å². The van der Waals surface area contributed by atoms with E-state index in [0.717, 1.165) is 41.0 Å². The van der Waals surface area contributed by atoms with Crippen molar-refractivity contribution in [3.63, 3.8) is 0 Å². The molecule has 0 saturated heterocycles. The average Bonchev–Trinajstić information content (AvgIpc) is 2.69. The predicted octanol–water partition coefficient (Wildman–Crippen LogP) is 5.10. The molecular weight excluding hydrogens is 342 g/mol. The summed E-state index contributed by atoms with van der Waals surface area (Å²) in [6.45, 7) is 0.605. The molecule has 0 aromatic heterocycles. The standard InChI is InChI=1S/C23H22ClNO/c24-21-14-11-19(12-15-21)16-17-25-23(26)22-9-5-4-8-20(22)13-10-18-6-2-1-3-7-18/h1-9,11-12,14-15H,10,13,16-17H2,(H,25,26). The zero-order chi connectivity index (χ0) is 18.2. The zero-order valence-corrected chi connectivity index (χ0v) is 15.4. The zero-order valence-electron chi connectivity index (χ0n) is 14.6. The molecule has 0 fully saturated rings. The van der Waals surface area contributed by atoms with Crippen molar-refractivity contribution >= 4 is 17.5 Å². The summed E-state index contributed by atoms with van der Waals surface area (Å²) in [7, 11) is 0. The Morgan fingerprint density at radius 2 is 1.38 bits per heavy atom. The molecule has 0 aliphatic carbocycles. The van der Waals surface area contributed by atoms with E-state index in [9.17, 15) is 4.79 Å². The summed E-state index contributed by atoms with van der Waals surface area (Å²) < 4.78 is 0. The number of carbonyl (C=O) groups is 1. The van der Waals surface area contributed by atoms with Gasteiger partial charge in [0.25, 0.3) is 5.91 Å². The SMILES string of the molecule is O=C(NCCc1ccc(Cl)cc1)c1ccccc1CCc1ccccc1. The second kappa shape index (κ2) is 9.21. The minimum Gasteiger partial charge on any atom is -0.352 e. The Kier molecular flexibility index (Phi) is 6.45. The van der Waals surface area contributed by atoms with Gasteiger partial charge >= 0.3 is 0 Å². The Labute approximate surface area is 159 Å². The third-order valence-electron chi connectivity index (χ3n) is 4.40. The Morgan fingerprint density at radius 3 is 2.15 bits per heavy atom. The number of carbonyl (C=O) groups excluding carboxylic acids is 1. The van der Waals surface area contributed by atoms with Crippen LogP contribution in [0.3, 0.4) is 0 Å². The normalized spacial score (nSPS) is 10.5. The van der Waals surface area contributed by atoms with Gasteiger partial charge in [-0.3, -0.25) is 4.79 Å². The third kappa shape index (κ3) is 5.21. The molecule has 0 atom stereocenters. The summed E-state index contributed by atoms with van der Waals surface area (Å²) in [5, 5.41) is 3.76. The first-order valence-electron chi connectivity index (χ1n) is 8.87. The second-order valence-electron chi connectivity index (χ2n) is 6.28. The lowest BCUT2D eigenvalue weighted by Crippen LogP contribution is -2.26. The molecule has 0 radical (unpaired) electrons. The van der Waals surface area contributed by atoms with Crippen LogP contribution in [-0.2, 0) is 19.3 Å². The summed E-state index contributed by atoms with van der Waals surface area (Å²) in [6, 6.07) is 25.9. The number of aryl methyl sites for hydroxylation is 2. The topological polar surface area (TPSA) is 29.1 Å². The molecule has 0 saturated carbocycles. The maximum Gasteiger partial charge on any atom is 0.251 e. The highest BCUT2D eigenvalue weighted by atomic mass is 35.5. The molecule has 3 aromatic rings. The molecule has 0 aliphatic heterocycles. The van der Waals surface area contributed by atoms with Gasteiger partial charge in [0, 0.05) is 17.1 Å². The van der Waals surface area contributed by atoms with Crippen LogP contribution >= 0.6 is 11.6 Å². The second-order valence-corrected chi connectivity index (χ2v) is 6.71. The van der Waals surface area contributed by atoms with Gasteiger partial charge in [0.2, 0.25) is 0 Å².